The van der Waals surface area contributed by atoms with E-state index in [-0.39, 0.29) is 35.0 Å². The summed E-state index contributed by atoms with van der Waals surface area (Å²) in [6.45, 7) is 7.79. The van der Waals surface area contributed by atoms with E-state index in [4.69, 9.17) is 0 Å². The normalized spacial score (nSPS) is 17.6. The zero-order valence-electron chi connectivity index (χ0n) is 25.0. The maximum Gasteiger partial charge on any atom is 0.261 e. The number of aliphatic hydroxyl groups is 1. The molecule has 0 aliphatic carbocycles. The van der Waals surface area contributed by atoms with Crippen molar-refractivity contribution in [2.75, 3.05) is 0 Å². The SMILES string of the molecule is CCCC(C)N1C(=O)c2ccc3c4c(C#N)cc5c6c(ccc(c7c(C#N)cc(c2c37)C1=O)c64)C(O)N(C(C)CCC)C5=O. The topological polar surface area (TPSA) is 126 Å². The molecule has 5 aromatic carbocycles. The van der Waals surface area contributed by atoms with Gasteiger partial charge in [-0.1, -0.05) is 44.9 Å². The minimum Gasteiger partial charge on any atom is -0.369 e. The van der Waals surface area contributed by atoms with Gasteiger partial charge in [0.05, 0.1) is 28.8 Å². The summed E-state index contributed by atoms with van der Waals surface area (Å²) in [7, 11) is 0. The highest BCUT2D eigenvalue weighted by Gasteiger charge is 2.40. The molecule has 0 radical (unpaired) electrons. The quantitative estimate of drug-likeness (QED) is 0.132. The van der Waals surface area contributed by atoms with Crippen LogP contribution in [0.2, 0.25) is 0 Å². The third kappa shape index (κ3) is 3.38. The molecule has 5 aromatic rings. The van der Waals surface area contributed by atoms with Crippen LogP contribution >= 0.6 is 0 Å². The first kappa shape index (κ1) is 27.8. The van der Waals surface area contributed by atoms with Gasteiger partial charge in [0, 0.05) is 55.7 Å². The van der Waals surface area contributed by atoms with Gasteiger partial charge in [-0.05, 0) is 61.0 Å². The van der Waals surface area contributed by atoms with Crippen LogP contribution in [0.15, 0.2) is 36.4 Å². The van der Waals surface area contributed by atoms with E-state index in [1.807, 2.05) is 33.8 Å². The number of benzene rings is 5. The smallest absolute Gasteiger partial charge is 0.261 e. The molecule has 7 rings (SSSR count). The second kappa shape index (κ2) is 9.74. The van der Waals surface area contributed by atoms with E-state index in [0.29, 0.717) is 78.2 Å². The lowest BCUT2D eigenvalue weighted by Crippen LogP contribution is -2.45. The Labute approximate surface area is 254 Å². The summed E-state index contributed by atoms with van der Waals surface area (Å²) < 4.78 is 0. The lowest BCUT2D eigenvalue weighted by atomic mass is 9.79. The third-order valence-corrected chi connectivity index (χ3v) is 9.61. The van der Waals surface area contributed by atoms with Gasteiger partial charge in [-0.2, -0.15) is 10.5 Å². The highest BCUT2D eigenvalue weighted by molar-refractivity contribution is 6.41. The van der Waals surface area contributed by atoms with Crippen molar-refractivity contribution in [1.29, 1.82) is 10.5 Å². The molecule has 2 heterocycles. The minimum absolute atomic E-state index is 0.222. The van der Waals surface area contributed by atoms with Crippen LogP contribution < -0.4 is 0 Å². The van der Waals surface area contributed by atoms with Crippen LogP contribution in [0.1, 0.15) is 107 Å². The summed E-state index contributed by atoms with van der Waals surface area (Å²) >= 11 is 0. The molecular weight excluding hydrogens is 552 g/mol. The summed E-state index contributed by atoms with van der Waals surface area (Å²) in [5.74, 6) is -1.16. The van der Waals surface area contributed by atoms with Crippen molar-refractivity contribution in [3.8, 4) is 12.1 Å². The molecule has 2 aliphatic rings. The van der Waals surface area contributed by atoms with Crippen LogP contribution in [0.5, 0.6) is 0 Å². The van der Waals surface area contributed by atoms with E-state index in [1.54, 1.807) is 30.3 Å². The number of carbonyl (C=O) groups excluding carboxylic acids is 3. The number of fused-ring (bicyclic) bond motifs is 2. The van der Waals surface area contributed by atoms with E-state index in [2.05, 4.69) is 12.1 Å². The predicted molar refractivity (Wildman–Crippen MR) is 167 cm³/mol. The van der Waals surface area contributed by atoms with Gasteiger partial charge in [0.15, 0.2) is 6.23 Å². The van der Waals surface area contributed by atoms with Gasteiger partial charge in [0.1, 0.15) is 0 Å². The number of carbonyl (C=O) groups is 3. The van der Waals surface area contributed by atoms with Gasteiger partial charge in [-0.3, -0.25) is 19.3 Å². The summed E-state index contributed by atoms with van der Waals surface area (Å²) in [6, 6.07) is 14.3. The summed E-state index contributed by atoms with van der Waals surface area (Å²) in [4.78, 5) is 44.5. The Morgan fingerprint density at radius 1 is 0.705 bits per heavy atom. The van der Waals surface area contributed by atoms with Crippen molar-refractivity contribution in [3.05, 3.63) is 69.8 Å². The monoisotopic (exact) mass is 582 g/mol. The number of amides is 3. The maximum absolute atomic E-state index is 14.0. The average Bonchev–Trinajstić information content (AvgIpc) is 3.01. The second-order valence-electron chi connectivity index (χ2n) is 12.1. The highest BCUT2D eigenvalue weighted by atomic mass is 16.3. The first-order chi connectivity index (χ1) is 21.2. The number of imide groups is 1. The van der Waals surface area contributed by atoms with Gasteiger partial charge >= 0.3 is 0 Å². The van der Waals surface area contributed by atoms with Crippen LogP contribution in [-0.4, -0.2) is 44.7 Å². The fraction of sp³-hybridized carbons (Fsp3) is 0.306. The molecule has 0 aromatic heterocycles. The molecule has 1 N–H and O–H groups in total. The number of nitrogens with zero attached hydrogens (tertiary/aromatic N) is 4. The Balaban J connectivity index is 1.65. The Bertz CT molecular complexity index is 2210. The second-order valence-corrected chi connectivity index (χ2v) is 12.1. The van der Waals surface area contributed by atoms with E-state index in [9.17, 15) is 30.0 Å². The summed E-state index contributed by atoms with van der Waals surface area (Å²) in [5.41, 5.74) is 2.11. The molecule has 44 heavy (non-hydrogen) atoms. The standard InChI is InChI=1S/C36H30N4O4/c1-5-7-17(3)39-33(41)23-11-9-21-28-20(16-38)14-26-30-24(34(42)40(36(26)44)18(4)8-6-2)12-10-22(32(28)30)27-19(15-37)13-25(35(39)43)29(23)31(21)27/h9-14,17-18,33,41H,5-8H2,1-4H3. The Morgan fingerprint density at radius 3 is 1.82 bits per heavy atom. The zero-order valence-corrected chi connectivity index (χ0v) is 25.0. The van der Waals surface area contributed by atoms with E-state index in [0.717, 1.165) is 12.8 Å². The lowest BCUT2D eigenvalue weighted by molar-refractivity contribution is -0.0139. The van der Waals surface area contributed by atoms with Crippen molar-refractivity contribution in [2.24, 2.45) is 0 Å². The first-order valence-corrected chi connectivity index (χ1v) is 15.2. The van der Waals surface area contributed by atoms with Crippen LogP contribution in [-0.2, 0) is 0 Å². The van der Waals surface area contributed by atoms with Gasteiger partial charge in [-0.15, -0.1) is 0 Å². The van der Waals surface area contributed by atoms with Gasteiger partial charge in [-0.25, -0.2) is 0 Å². The molecule has 8 nitrogen and oxygen atoms in total. The maximum atomic E-state index is 14.0. The van der Waals surface area contributed by atoms with Crippen molar-refractivity contribution >= 4 is 60.8 Å². The number of aliphatic hydroxyl groups excluding tert-OH is 1. The molecule has 0 bridgehead atoms. The van der Waals surface area contributed by atoms with Gasteiger partial charge < -0.3 is 10.0 Å². The fourth-order valence-electron chi connectivity index (χ4n) is 7.74. The lowest BCUT2D eigenvalue weighted by Gasteiger charge is -2.38. The number of nitriles is 2. The number of hydrogen-bond donors (Lipinski definition) is 1. The van der Waals surface area contributed by atoms with Crippen molar-refractivity contribution < 1.29 is 19.5 Å². The molecule has 0 spiro atoms. The Kier molecular flexibility index (Phi) is 6.14. The van der Waals surface area contributed by atoms with Crippen molar-refractivity contribution in [2.45, 2.75) is 71.7 Å². The molecule has 3 amide bonds. The number of rotatable bonds is 6. The Morgan fingerprint density at radius 2 is 1.23 bits per heavy atom. The van der Waals surface area contributed by atoms with Crippen molar-refractivity contribution in [1.82, 2.24) is 9.80 Å². The molecule has 0 saturated carbocycles. The molecule has 0 fully saturated rings. The minimum atomic E-state index is -1.18. The molecule has 218 valence electrons. The molecule has 2 aliphatic heterocycles. The van der Waals surface area contributed by atoms with Crippen LogP contribution in [0.3, 0.4) is 0 Å². The Hall–Kier alpha value is -5.05. The average molecular weight is 583 g/mol. The number of hydrogen-bond acceptors (Lipinski definition) is 6. The van der Waals surface area contributed by atoms with Crippen LogP contribution in [0.25, 0.3) is 43.1 Å². The van der Waals surface area contributed by atoms with Crippen molar-refractivity contribution in [3.63, 3.8) is 0 Å². The largest absolute Gasteiger partial charge is 0.369 e. The first-order valence-electron chi connectivity index (χ1n) is 15.2. The van der Waals surface area contributed by atoms with Gasteiger partial charge in [0.25, 0.3) is 17.7 Å². The van der Waals surface area contributed by atoms with E-state index < -0.39 is 12.1 Å². The third-order valence-electron chi connectivity index (χ3n) is 9.61. The van der Waals surface area contributed by atoms with Crippen LogP contribution in [0.4, 0.5) is 0 Å². The summed E-state index contributed by atoms with van der Waals surface area (Å²) in [6.07, 6.45) is 1.83. The zero-order chi connectivity index (χ0) is 31.2. The molecule has 3 unspecified atom stereocenters. The summed E-state index contributed by atoms with van der Waals surface area (Å²) in [5, 5.41) is 37.0. The van der Waals surface area contributed by atoms with Crippen LogP contribution in [0, 0.1) is 22.7 Å². The predicted octanol–water partition coefficient (Wildman–Crippen LogP) is 6.90. The fourth-order valence-corrected chi connectivity index (χ4v) is 7.74. The molecule has 3 atom stereocenters. The van der Waals surface area contributed by atoms with Gasteiger partial charge in [0.2, 0.25) is 0 Å². The highest BCUT2D eigenvalue weighted by Crippen LogP contribution is 2.50. The molecule has 8 heteroatoms. The van der Waals surface area contributed by atoms with E-state index in [1.165, 1.54) is 9.80 Å². The molecule has 0 saturated heterocycles. The van der Waals surface area contributed by atoms with E-state index >= 15 is 0 Å². The molecular formula is C36H30N4O4.